The summed E-state index contributed by atoms with van der Waals surface area (Å²) in [6.45, 7) is 8.58. The molecular weight excluding hydrogens is 1170 g/mol. The van der Waals surface area contributed by atoms with Gasteiger partial charge in [0.05, 0.1) is 12.8 Å². The van der Waals surface area contributed by atoms with Gasteiger partial charge in [-0.2, -0.15) is 0 Å². The van der Waals surface area contributed by atoms with Crippen molar-refractivity contribution >= 4 is 47.5 Å². The van der Waals surface area contributed by atoms with Gasteiger partial charge in [0.25, 0.3) is 0 Å². The zero-order chi connectivity index (χ0) is 66.1. The molecular formula is C76H79N7O10. The van der Waals surface area contributed by atoms with Crippen LogP contribution in [0.15, 0.2) is 231 Å². The fourth-order valence-corrected chi connectivity index (χ4v) is 12.2. The first-order valence-corrected chi connectivity index (χ1v) is 31.5. The molecule has 478 valence electrons. The molecule has 17 heteroatoms. The Morgan fingerprint density at radius 3 is 1.09 bits per heavy atom. The number of benzene rings is 8. The molecule has 93 heavy (non-hydrogen) atoms. The number of ether oxygens (including phenoxy) is 1. The van der Waals surface area contributed by atoms with E-state index in [0.717, 1.165) is 22.3 Å². The predicted molar refractivity (Wildman–Crippen MR) is 356 cm³/mol. The summed E-state index contributed by atoms with van der Waals surface area (Å²) in [6.07, 6.45) is -1.52. The molecule has 0 radical (unpaired) electrons. The molecule has 1 aliphatic rings. The van der Waals surface area contributed by atoms with Crippen LogP contribution in [0.25, 0.3) is 11.1 Å². The molecule has 9 rings (SSSR count). The lowest BCUT2D eigenvalue weighted by molar-refractivity contribution is -0.144. The molecule has 1 aliphatic carbocycles. The second-order valence-corrected chi connectivity index (χ2v) is 23.6. The van der Waals surface area contributed by atoms with E-state index in [2.05, 4.69) is 37.2 Å². The summed E-state index contributed by atoms with van der Waals surface area (Å²) in [7, 11) is 0. The molecule has 0 spiro atoms. The van der Waals surface area contributed by atoms with Gasteiger partial charge in [0.1, 0.15) is 47.9 Å². The molecule has 0 saturated heterocycles. The molecule has 0 saturated carbocycles. The van der Waals surface area contributed by atoms with E-state index in [1.165, 1.54) is 6.92 Å². The summed E-state index contributed by atoms with van der Waals surface area (Å²) in [6, 6.07) is 63.4. The number of hydrogen-bond acceptors (Lipinski definition) is 9. The summed E-state index contributed by atoms with van der Waals surface area (Å²) < 4.78 is 5.83. The SMILES string of the molecule is CC[C@H](C)[C@H](NC(=O)OCC1c2ccccc2-c2ccccc21)C(=O)N[C@H](C(=O)N[C@@H](C)C(=O)N[C@@H](CC(=O)NC(c1ccccc1)(c1ccccc1)c1ccccc1)C(=O)N[C@@H](CC(=O)NC(c1ccccc1)(c1ccccc1)c1ccccc1)C(=O)O)[C@@H](C)CC. The summed E-state index contributed by atoms with van der Waals surface area (Å²) in [5, 5.41) is 30.5. The average Bonchev–Trinajstić information content (AvgIpc) is 1.24. The summed E-state index contributed by atoms with van der Waals surface area (Å²) in [4.78, 5) is 115. The maximum Gasteiger partial charge on any atom is 0.407 e. The van der Waals surface area contributed by atoms with Gasteiger partial charge < -0.3 is 47.1 Å². The molecule has 17 nitrogen and oxygen atoms in total. The van der Waals surface area contributed by atoms with E-state index < -0.39 is 113 Å². The highest BCUT2D eigenvalue weighted by Crippen LogP contribution is 2.45. The number of carbonyl (C=O) groups is 8. The Bertz CT molecular complexity index is 3640. The third kappa shape index (κ3) is 15.4. The van der Waals surface area contributed by atoms with Crippen LogP contribution in [0.1, 0.15) is 111 Å². The first-order valence-electron chi connectivity index (χ1n) is 31.5. The molecule has 0 aromatic heterocycles. The van der Waals surface area contributed by atoms with E-state index in [1.54, 1.807) is 13.8 Å². The highest BCUT2D eigenvalue weighted by molar-refractivity contribution is 5.98. The third-order valence-corrected chi connectivity index (χ3v) is 17.6. The van der Waals surface area contributed by atoms with Gasteiger partial charge in [0.15, 0.2) is 0 Å². The molecule has 0 heterocycles. The zero-order valence-electron chi connectivity index (χ0n) is 52.7. The first-order chi connectivity index (χ1) is 45.0. The summed E-state index contributed by atoms with van der Waals surface area (Å²) >= 11 is 0. The molecule has 8 aromatic rings. The van der Waals surface area contributed by atoms with Crippen molar-refractivity contribution in [2.24, 2.45) is 11.8 Å². The fourth-order valence-electron chi connectivity index (χ4n) is 12.2. The van der Waals surface area contributed by atoms with Crippen LogP contribution in [0.4, 0.5) is 4.79 Å². The Hall–Kier alpha value is -10.7. The number of amides is 7. The van der Waals surface area contributed by atoms with Crippen molar-refractivity contribution in [2.75, 3.05) is 6.61 Å². The van der Waals surface area contributed by atoms with Crippen molar-refractivity contribution in [1.82, 2.24) is 37.2 Å². The minimum Gasteiger partial charge on any atom is -0.480 e. The number of carboxylic acid groups (broad SMARTS) is 1. The number of carboxylic acids is 1. The number of nitrogens with one attached hydrogen (secondary N) is 7. The Kier molecular flexibility index (Phi) is 22.2. The Balaban J connectivity index is 0.960. The van der Waals surface area contributed by atoms with Crippen LogP contribution in [0.2, 0.25) is 0 Å². The van der Waals surface area contributed by atoms with Crippen molar-refractivity contribution in [3.05, 3.63) is 275 Å². The lowest BCUT2D eigenvalue weighted by Gasteiger charge is -2.37. The maximum atomic E-state index is 15.1. The maximum absolute atomic E-state index is 15.1. The molecule has 0 aliphatic heterocycles. The van der Waals surface area contributed by atoms with Crippen molar-refractivity contribution in [2.45, 2.75) is 108 Å². The summed E-state index contributed by atoms with van der Waals surface area (Å²) in [5.74, 6) is -7.79. The van der Waals surface area contributed by atoms with Gasteiger partial charge in [-0.1, -0.05) is 271 Å². The molecule has 7 amide bonds. The van der Waals surface area contributed by atoms with Crippen molar-refractivity contribution in [1.29, 1.82) is 0 Å². The van der Waals surface area contributed by atoms with Crippen LogP contribution in [-0.2, 0) is 49.4 Å². The van der Waals surface area contributed by atoms with Crippen LogP contribution < -0.4 is 37.2 Å². The van der Waals surface area contributed by atoms with Crippen LogP contribution in [0.5, 0.6) is 0 Å². The highest BCUT2D eigenvalue weighted by atomic mass is 16.5. The number of alkyl carbamates (subject to hydrolysis) is 1. The van der Waals surface area contributed by atoms with E-state index in [9.17, 15) is 38.7 Å². The monoisotopic (exact) mass is 1250 g/mol. The Morgan fingerprint density at radius 2 is 0.720 bits per heavy atom. The van der Waals surface area contributed by atoms with Gasteiger partial charge in [-0.05, 0) is 74.4 Å². The molecule has 0 unspecified atom stereocenters. The molecule has 0 bridgehead atoms. The quantitative estimate of drug-likeness (QED) is 0.0216. The second-order valence-electron chi connectivity index (χ2n) is 23.6. The van der Waals surface area contributed by atoms with E-state index in [-0.39, 0.29) is 12.5 Å². The minimum absolute atomic E-state index is 0.00697. The number of rotatable bonds is 28. The van der Waals surface area contributed by atoms with E-state index >= 15 is 4.79 Å². The van der Waals surface area contributed by atoms with Crippen LogP contribution in [0.3, 0.4) is 0 Å². The number of carbonyl (C=O) groups excluding carboxylic acids is 7. The van der Waals surface area contributed by atoms with E-state index in [4.69, 9.17) is 4.74 Å². The number of aliphatic carboxylic acids is 1. The molecule has 0 fully saturated rings. The molecule has 8 N–H and O–H groups in total. The largest absolute Gasteiger partial charge is 0.480 e. The van der Waals surface area contributed by atoms with Gasteiger partial charge in [0.2, 0.25) is 35.4 Å². The van der Waals surface area contributed by atoms with Gasteiger partial charge in [-0.25, -0.2) is 9.59 Å². The number of hydrogen-bond donors (Lipinski definition) is 8. The second kappa shape index (κ2) is 30.9. The standard InChI is InChI=1S/C76H79N7O10/c1-6-49(3)67(80-72(89)68(50(4)7-2)81-74(92)93-48-62-60-44-28-26-42-58(60)59-43-27-29-45-61(59)62)71(88)77-51(5)69(86)78-63(46-65(84)82-75(52-30-14-8-15-31-52,53-32-16-9-17-33-53)54-34-18-10-19-35-54)70(87)79-64(73(90)91)47-66(85)83-76(55-36-20-11-21-37-55,56-38-22-12-23-39-56)57-40-24-13-25-41-57/h8-45,49-51,62-64,67-68H,6-7,46-48H2,1-5H3,(H,77,88)(H,78,86)(H,79,87)(H,80,89)(H,81,92)(H,82,84)(H,83,85)(H,90,91)/t49-,50-,51-,63-,64-,67-,68-/m0/s1. The van der Waals surface area contributed by atoms with E-state index in [0.29, 0.717) is 46.2 Å². The topological polar surface area (TPSA) is 250 Å². The Labute approximate surface area is 542 Å². The van der Waals surface area contributed by atoms with Gasteiger partial charge in [-0.15, -0.1) is 0 Å². The minimum atomic E-state index is -1.91. The van der Waals surface area contributed by atoms with Crippen LogP contribution in [-0.4, -0.2) is 89.4 Å². The summed E-state index contributed by atoms with van der Waals surface area (Å²) in [5.41, 5.74) is 5.35. The first kappa shape index (κ1) is 66.7. The lowest BCUT2D eigenvalue weighted by atomic mass is 9.77. The van der Waals surface area contributed by atoms with Gasteiger partial charge in [-0.3, -0.25) is 28.8 Å². The number of fused-ring (bicyclic) bond motifs is 3. The van der Waals surface area contributed by atoms with Crippen LogP contribution >= 0.6 is 0 Å². The third-order valence-electron chi connectivity index (χ3n) is 17.6. The fraction of sp³-hybridized carbons (Fsp3) is 0.263. The highest BCUT2D eigenvalue weighted by Gasteiger charge is 2.43. The smallest absolute Gasteiger partial charge is 0.407 e. The molecule has 7 atom stereocenters. The zero-order valence-corrected chi connectivity index (χ0v) is 52.7. The normalized spacial score (nSPS) is 14.1. The van der Waals surface area contributed by atoms with Gasteiger partial charge in [0, 0.05) is 5.92 Å². The van der Waals surface area contributed by atoms with Gasteiger partial charge >= 0.3 is 12.1 Å². The molecule has 8 aromatic carbocycles. The predicted octanol–water partition coefficient (Wildman–Crippen LogP) is 10.0. The Morgan fingerprint density at radius 1 is 0.398 bits per heavy atom. The van der Waals surface area contributed by atoms with Crippen molar-refractivity contribution in [3.63, 3.8) is 0 Å². The lowest BCUT2D eigenvalue weighted by Crippen LogP contribution is -2.60. The van der Waals surface area contributed by atoms with Crippen molar-refractivity contribution < 1.29 is 48.2 Å². The van der Waals surface area contributed by atoms with Crippen molar-refractivity contribution in [3.8, 4) is 11.1 Å². The van der Waals surface area contributed by atoms with Crippen LogP contribution in [0, 0.1) is 11.8 Å². The van der Waals surface area contributed by atoms with E-state index in [1.807, 2.05) is 244 Å². The average molecular weight is 1250 g/mol.